The number of nitrogens with one attached hydrogen (secondary N) is 2. The number of alkyl halides is 3. The minimum absolute atomic E-state index is 0.0908. The van der Waals surface area contributed by atoms with E-state index in [2.05, 4.69) is 10.3 Å². The average molecular weight is 365 g/mol. The average Bonchev–Trinajstić information content (AvgIpc) is 2.58. The molecule has 0 bridgehead atoms. The number of carbonyl (C=O) groups is 1. The van der Waals surface area contributed by atoms with E-state index < -0.39 is 23.2 Å². The molecule has 0 radical (unpaired) electrons. The van der Waals surface area contributed by atoms with Gasteiger partial charge in [-0.25, -0.2) is 0 Å². The maximum absolute atomic E-state index is 12.6. The fourth-order valence-electron chi connectivity index (χ4n) is 3.19. The first-order valence-corrected chi connectivity index (χ1v) is 8.21. The van der Waals surface area contributed by atoms with Gasteiger partial charge in [-0.05, 0) is 48.6 Å². The maximum Gasteiger partial charge on any atom is 0.416 e. The lowest BCUT2D eigenvalue weighted by atomic mass is 9.90. The van der Waals surface area contributed by atoms with E-state index in [0.29, 0.717) is 18.5 Å². The highest BCUT2D eigenvalue weighted by atomic mass is 19.4. The monoisotopic (exact) mass is 365 g/mol. The van der Waals surface area contributed by atoms with Gasteiger partial charge in [0.05, 0.1) is 5.56 Å². The van der Waals surface area contributed by atoms with Gasteiger partial charge in [-0.1, -0.05) is 12.1 Å². The zero-order valence-electron chi connectivity index (χ0n) is 13.8. The summed E-state index contributed by atoms with van der Waals surface area (Å²) < 4.78 is 37.8. The van der Waals surface area contributed by atoms with Gasteiger partial charge in [-0.15, -0.1) is 0 Å². The minimum atomic E-state index is -4.36. The van der Waals surface area contributed by atoms with Crippen molar-refractivity contribution < 1.29 is 18.0 Å². The molecule has 0 fully saturated rings. The molecule has 4 N–H and O–H groups in total. The quantitative estimate of drug-likeness (QED) is 0.778. The highest BCUT2D eigenvalue weighted by Crippen LogP contribution is 2.30. The van der Waals surface area contributed by atoms with E-state index in [1.807, 2.05) is 0 Å². The third-order valence-corrected chi connectivity index (χ3v) is 4.55. The van der Waals surface area contributed by atoms with E-state index in [1.165, 1.54) is 18.2 Å². The number of hydrogen-bond donors (Lipinski definition) is 3. The van der Waals surface area contributed by atoms with Crippen molar-refractivity contribution >= 4 is 5.91 Å². The van der Waals surface area contributed by atoms with E-state index in [9.17, 15) is 22.8 Å². The van der Waals surface area contributed by atoms with Crippen LogP contribution in [-0.4, -0.2) is 10.9 Å². The Kier molecular flexibility index (Phi) is 4.86. The van der Waals surface area contributed by atoms with E-state index in [0.717, 1.165) is 36.2 Å². The van der Waals surface area contributed by atoms with Crippen molar-refractivity contribution in [3.8, 4) is 0 Å². The van der Waals surface area contributed by atoms with Crippen LogP contribution in [0.25, 0.3) is 0 Å². The number of fused-ring (bicyclic) bond motifs is 1. The van der Waals surface area contributed by atoms with Crippen molar-refractivity contribution in [2.24, 2.45) is 5.73 Å². The summed E-state index contributed by atoms with van der Waals surface area (Å²) in [6, 6.07) is 6.36. The molecule has 26 heavy (non-hydrogen) atoms. The number of aryl methyl sites for hydroxylation is 1. The summed E-state index contributed by atoms with van der Waals surface area (Å²) in [6.07, 6.45) is -2.02. The zero-order chi connectivity index (χ0) is 18.9. The number of nitrogens with two attached hydrogens (primary N) is 1. The molecule has 138 valence electrons. The Balaban J connectivity index is 1.77. The number of hydrogen-bond acceptors (Lipinski definition) is 3. The normalized spacial score (nSPS) is 17.0. The molecule has 1 aromatic carbocycles. The molecule has 1 aliphatic rings. The third kappa shape index (κ3) is 3.80. The predicted octanol–water partition coefficient (Wildman–Crippen LogP) is 2.66. The summed E-state index contributed by atoms with van der Waals surface area (Å²) in [4.78, 5) is 26.0. The largest absolute Gasteiger partial charge is 0.416 e. The molecule has 1 unspecified atom stereocenters. The predicted molar refractivity (Wildman–Crippen MR) is 89.5 cm³/mol. The molecule has 0 saturated carbocycles. The van der Waals surface area contributed by atoms with E-state index in [4.69, 9.17) is 5.73 Å². The molecule has 0 spiro atoms. The number of pyridine rings is 1. The lowest BCUT2D eigenvalue weighted by Crippen LogP contribution is -2.31. The summed E-state index contributed by atoms with van der Waals surface area (Å²) in [5.74, 6) is -0.791. The smallest absolute Gasteiger partial charge is 0.365 e. The topological polar surface area (TPSA) is 88.0 Å². The van der Waals surface area contributed by atoms with Crippen LogP contribution in [0.3, 0.4) is 0 Å². The number of rotatable bonds is 4. The summed E-state index contributed by atoms with van der Waals surface area (Å²) in [7, 11) is 0. The van der Waals surface area contributed by atoms with Crippen LogP contribution < -0.4 is 16.6 Å². The number of H-pyrrole nitrogens is 1. The summed E-state index contributed by atoms with van der Waals surface area (Å²) in [6.45, 7) is 0.368. The van der Waals surface area contributed by atoms with Gasteiger partial charge in [0.2, 0.25) is 0 Å². The first kappa shape index (κ1) is 18.2. The highest BCUT2D eigenvalue weighted by molar-refractivity contribution is 5.92. The van der Waals surface area contributed by atoms with E-state index in [-0.39, 0.29) is 11.6 Å². The molecular formula is C18H18F3N3O2. The van der Waals surface area contributed by atoms with Gasteiger partial charge >= 0.3 is 6.18 Å². The number of halogens is 3. The summed E-state index contributed by atoms with van der Waals surface area (Å²) >= 11 is 0. The molecule has 0 saturated heterocycles. The second-order valence-electron chi connectivity index (χ2n) is 6.33. The van der Waals surface area contributed by atoms with Gasteiger partial charge in [-0.3, -0.25) is 9.59 Å². The molecule has 1 aliphatic carbocycles. The summed E-state index contributed by atoms with van der Waals surface area (Å²) in [5.41, 5.74) is 6.23. The van der Waals surface area contributed by atoms with Crippen LogP contribution in [0.1, 0.15) is 51.6 Å². The first-order valence-electron chi connectivity index (χ1n) is 8.21. The van der Waals surface area contributed by atoms with Crippen LogP contribution in [0.2, 0.25) is 0 Å². The van der Waals surface area contributed by atoms with Crippen LogP contribution in [0.15, 0.2) is 35.1 Å². The van der Waals surface area contributed by atoms with Crippen molar-refractivity contribution in [3.63, 3.8) is 0 Å². The fraction of sp³-hybridized carbons (Fsp3) is 0.333. The second-order valence-corrected chi connectivity index (χ2v) is 6.33. The molecule has 1 aromatic heterocycles. The molecule has 1 atom stereocenters. The fourth-order valence-corrected chi connectivity index (χ4v) is 3.19. The number of benzene rings is 1. The highest BCUT2D eigenvalue weighted by Gasteiger charge is 2.30. The Labute approximate surface area is 147 Å². The van der Waals surface area contributed by atoms with Crippen molar-refractivity contribution in [1.82, 2.24) is 10.3 Å². The number of carbonyl (C=O) groups excluding carboxylic acids is 1. The molecule has 5 nitrogen and oxygen atoms in total. The number of aromatic amines is 1. The van der Waals surface area contributed by atoms with Crippen molar-refractivity contribution in [1.29, 1.82) is 0 Å². The van der Waals surface area contributed by atoms with Gasteiger partial charge in [0, 0.05) is 18.3 Å². The molecule has 0 aliphatic heterocycles. The van der Waals surface area contributed by atoms with Crippen LogP contribution in [-0.2, 0) is 19.1 Å². The van der Waals surface area contributed by atoms with Crippen LogP contribution in [0, 0.1) is 0 Å². The summed E-state index contributed by atoms with van der Waals surface area (Å²) in [5, 5.41) is 3.28. The molecule has 1 amide bonds. The molecule has 3 rings (SSSR count). The van der Waals surface area contributed by atoms with Crippen LogP contribution in [0.5, 0.6) is 0 Å². The Morgan fingerprint density at radius 3 is 2.58 bits per heavy atom. The molecular weight excluding hydrogens is 347 g/mol. The van der Waals surface area contributed by atoms with Gasteiger partial charge in [0.15, 0.2) is 0 Å². The Hall–Kier alpha value is -2.61. The van der Waals surface area contributed by atoms with Gasteiger partial charge in [0.1, 0.15) is 5.56 Å². The van der Waals surface area contributed by atoms with E-state index in [1.54, 1.807) is 0 Å². The first-order chi connectivity index (χ1) is 12.3. The van der Waals surface area contributed by atoms with Crippen LogP contribution in [0.4, 0.5) is 13.2 Å². The number of amides is 1. The second kappa shape index (κ2) is 6.95. The third-order valence-electron chi connectivity index (χ3n) is 4.55. The van der Waals surface area contributed by atoms with E-state index >= 15 is 0 Å². The van der Waals surface area contributed by atoms with Gasteiger partial charge < -0.3 is 16.0 Å². The Morgan fingerprint density at radius 1 is 1.27 bits per heavy atom. The number of aromatic nitrogens is 1. The molecule has 2 aromatic rings. The lowest BCUT2D eigenvalue weighted by molar-refractivity contribution is -0.137. The standard InChI is InChI=1S/C18H18F3N3O2/c19-18(20,21)11-6-4-10(5-7-11)9-23-14-2-1-3-15-12(14)8-13(16(22)25)17(26)24-15/h4-8,14,23H,1-3,9H2,(H2,22,25)(H,24,26). The molecule has 8 heteroatoms. The Bertz CT molecular complexity index is 873. The Morgan fingerprint density at radius 2 is 1.96 bits per heavy atom. The number of primary amides is 1. The van der Waals surface area contributed by atoms with Crippen molar-refractivity contribution in [2.75, 3.05) is 0 Å². The van der Waals surface area contributed by atoms with Gasteiger partial charge in [0.25, 0.3) is 11.5 Å². The minimum Gasteiger partial charge on any atom is -0.365 e. The van der Waals surface area contributed by atoms with Crippen molar-refractivity contribution in [2.45, 2.75) is 38.0 Å². The zero-order valence-corrected chi connectivity index (χ0v) is 13.8. The maximum atomic E-state index is 12.6. The van der Waals surface area contributed by atoms with Crippen LogP contribution >= 0.6 is 0 Å². The SMILES string of the molecule is NC(=O)c1cc2c([nH]c1=O)CCCC2NCc1ccc(C(F)(F)F)cc1. The molecule has 1 heterocycles. The lowest BCUT2D eigenvalue weighted by Gasteiger charge is -2.26. The van der Waals surface area contributed by atoms with Gasteiger partial charge in [-0.2, -0.15) is 13.2 Å². The van der Waals surface area contributed by atoms with Crippen molar-refractivity contribution in [3.05, 3.63) is 68.6 Å².